The number of hydrogen-bond donors (Lipinski definition) is 3. The standard InChI is InChI=1S/C16H22N4O2/c1-11-15(20-14-8-3-2-7-13(14)19-11)10-18-9-5-4-6-12(17)16(21)22/h2-3,7-8,12,18H,4-6,9-10,17H2,1H3,(H,21,22). The first-order valence-corrected chi connectivity index (χ1v) is 7.49. The first-order valence-electron chi connectivity index (χ1n) is 7.49. The lowest BCUT2D eigenvalue weighted by atomic mass is 10.1. The second-order valence-electron chi connectivity index (χ2n) is 5.36. The molecule has 2 rings (SSSR count). The van der Waals surface area contributed by atoms with Crippen LogP contribution in [0, 0.1) is 6.92 Å². The third-order valence-corrected chi connectivity index (χ3v) is 3.57. The minimum absolute atomic E-state index is 0.506. The fourth-order valence-electron chi connectivity index (χ4n) is 2.24. The van der Waals surface area contributed by atoms with Crippen LogP contribution in [0.25, 0.3) is 11.0 Å². The van der Waals surface area contributed by atoms with E-state index in [0.29, 0.717) is 13.0 Å². The predicted molar refractivity (Wildman–Crippen MR) is 85.4 cm³/mol. The molecular weight excluding hydrogens is 280 g/mol. The van der Waals surface area contributed by atoms with Crippen molar-refractivity contribution in [3.8, 4) is 0 Å². The van der Waals surface area contributed by atoms with Crippen molar-refractivity contribution in [2.24, 2.45) is 5.73 Å². The van der Waals surface area contributed by atoms with E-state index >= 15 is 0 Å². The Labute approximate surface area is 129 Å². The third-order valence-electron chi connectivity index (χ3n) is 3.57. The Morgan fingerprint density at radius 3 is 2.64 bits per heavy atom. The number of nitrogens with zero attached hydrogens (tertiary/aromatic N) is 2. The number of nitrogens with two attached hydrogens (primary N) is 1. The number of fused-ring (bicyclic) bond motifs is 1. The zero-order chi connectivity index (χ0) is 15.9. The number of aromatic nitrogens is 2. The number of benzene rings is 1. The summed E-state index contributed by atoms with van der Waals surface area (Å²) in [6.07, 6.45) is 2.19. The molecule has 0 saturated carbocycles. The second-order valence-corrected chi connectivity index (χ2v) is 5.36. The molecule has 0 amide bonds. The van der Waals surface area contributed by atoms with Crippen molar-refractivity contribution in [3.05, 3.63) is 35.7 Å². The molecule has 0 spiro atoms. The highest BCUT2D eigenvalue weighted by atomic mass is 16.4. The van der Waals surface area contributed by atoms with Crippen molar-refractivity contribution in [3.63, 3.8) is 0 Å². The van der Waals surface area contributed by atoms with Crippen molar-refractivity contribution >= 4 is 17.0 Å². The van der Waals surface area contributed by atoms with Crippen LogP contribution in [-0.4, -0.2) is 33.6 Å². The maximum absolute atomic E-state index is 10.6. The Hall–Kier alpha value is -2.05. The zero-order valence-electron chi connectivity index (χ0n) is 12.7. The third kappa shape index (κ3) is 4.47. The molecule has 0 saturated heterocycles. The molecule has 6 nitrogen and oxygen atoms in total. The van der Waals surface area contributed by atoms with Crippen molar-refractivity contribution < 1.29 is 9.90 Å². The van der Waals surface area contributed by atoms with Crippen LogP contribution in [0.15, 0.2) is 24.3 Å². The van der Waals surface area contributed by atoms with Crippen LogP contribution in [0.4, 0.5) is 0 Å². The lowest BCUT2D eigenvalue weighted by Crippen LogP contribution is -2.30. The van der Waals surface area contributed by atoms with E-state index in [-0.39, 0.29) is 0 Å². The molecule has 2 aromatic rings. The van der Waals surface area contributed by atoms with Crippen molar-refractivity contribution in [1.82, 2.24) is 15.3 Å². The molecule has 1 atom stereocenters. The number of para-hydroxylation sites is 2. The van der Waals surface area contributed by atoms with Gasteiger partial charge in [-0.2, -0.15) is 0 Å². The summed E-state index contributed by atoms with van der Waals surface area (Å²) in [7, 11) is 0. The van der Waals surface area contributed by atoms with E-state index in [4.69, 9.17) is 10.8 Å². The van der Waals surface area contributed by atoms with Crippen molar-refractivity contribution in [2.75, 3.05) is 6.54 Å². The summed E-state index contributed by atoms with van der Waals surface area (Å²) in [4.78, 5) is 19.8. The Balaban J connectivity index is 1.77. The highest BCUT2D eigenvalue weighted by molar-refractivity contribution is 5.74. The van der Waals surface area contributed by atoms with Crippen molar-refractivity contribution in [1.29, 1.82) is 0 Å². The van der Waals surface area contributed by atoms with E-state index in [2.05, 4.69) is 15.3 Å². The Kier molecular flexibility index (Phi) is 5.80. The number of rotatable bonds is 8. The number of hydrogen-bond acceptors (Lipinski definition) is 5. The summed E-state index contributed by atoms with van der Waals surface area (Å²) < 4.78 is 0. The van der Waals surface area contributed by atoms with Crippen LogP contribution in [-0.2, 0) is 11.3 Å². The van der Waals surface area contributed by atoms with Crippen molar-refractivity contribution in [2.45, 2.75) is 38.8 Å². The van der Waals surface area contributed by atoms with Gasteiger partial charge in [0.15, 0.2) is 0 Å². The van der Waals surface area contributed by atoms with E-state index in [1.807, 2.05) is 31.2 Å². The summed E-state index contributed by atoms with van der Waals surface area (Å²) in [6.45, 7) is 3.43. The maximum Gasteiger partial charge on any atom is 0.320 e. The molecule has 0 aliphatic rings. The molecule has 1 unspecified atom stereocenters. The molecule has 0 aliphatic carbocycles. The average molecular weight is 302 g/mol. The molecule has 0 fully saturated rings. The van der Waals surface area contributed by atoms with Gasteiger partial charge in [-0.3, -0.25) is 4.79 Å². The summed E-state index contributed by atoms with van der Waals surface area (Å²) in [5, 5.41) is 12.0. The predicted octanol–water partition coefficient (Wildman–Crippen LogP) is 1.61. The fraction of sp³-hybridized carbons (Fsp3) is 0.438. The lowest BCUT2D eigenvalue weighted by molar-refractivity contribution is -0.138. The summed E-state index contributed by atoms with van der Waals surface area (Å²) in [5.74, 6) is -0.935. The van der Waals surface area contributed by atoms with Crippen LogP contribution < -0.4 is 11.1 Å². The van der Waals surface area contributed by atoms with E-state index in [1.165, 1.54) is 0 Å². The number of aryl methyl sites for hydroxylation is 1. The molecule has 0 bridgehead atoms. The molecule has 0 aliphatic heterocycles. The van der Waals surface area contributed by atoms with Crippen LogP contribution in [0.5, 0.6) is 0 Å². The molecule has 4 N–H and O–H groups in total. The van der Waals surface area contributed by atoms with Gasteiger partial charge in [0.2, 0.25) is 0 Å². The Morgan fingerprint density at radius 2 is 1.95 bits per heavy atom. The Bertz CT molecular complexity index is 645. The minimum Gasteiger partial charge on any atom is -0.480 e. The van der Waals surface area contributed by atoms with Crippen LogP contribution in [0.2, 0.25) is 0 Å². The van der Waals surface area contributed by atoms with E-state index in [1.54, 1.807) is 0 Å². The minimum atomic E-state index is -0.935. The van der Waals surface area contributed by atoms with Gasteiger partial charge in [0.1, 0.15) is 6.04 Å². The van der Waals surface area contributed by atoms with Crippen LogP contribution >= 0.6 is 0 Å². The van der Waals surface area contributed by atoms with Gasteiger partial charge in [-0.05, 0) is 38.4 Å². The SMILES string of the molecule is Cc1nc2ccccc2nc1CNCCCCC(N)C(=O)O. The highest BCUT2D eigenvalue weighted by Crippen LogP contribution is 2.12. The van der Waals surface area contributed by atoms with Crippen LogP contribution in [0.1, 0.15) is 30.7 Å². The molecule has 1 heterocycles. The average Bonchev–Trinajstić information content (AvgIpc) is 2.50. The van der Waals surface area contributed by atoms with E-state index in [0.717, 1.165) is 41.8 Å². The smallest absolute Gasteiger partial charge is 0.320 e. The van der Waals surface area contributed by atoms with Gasteiger partial charge in [0, 0.05) is 6.54 Å². The van der Waals surface area contributed by atoms with Gasteiger partial charge in [-0.25, -0.2) is 9.97 Å². The normalized spacial score (nSPS) is 12.5. The molecule has 1 aromatic heterocycles. The van der Waals surface area contributed by atoms with Gasteiger partial charge in [0.25, 0.3) is 0 Å². The van der Waals surface area contributed by atoms with Gasteiger partial charge in [0.05, 0.1) is 22.4 Å². The number of unbranched alkanes of at least 4 members (excludes halogenated alkanes) is 1. The van der Waals surface area contributed by atoms with Gasteiger partial charge >= 0.3 is 5.97 Å². The highest BCUT2D eigenvalue weighted by Gasteiger charge is 2.10. The van der Waals surface area contributed by atoms with E-state index in [9.17, 15) is 4.79 Å². The fourth-order valence-corrected chi connectivity index (χ4v) is 2.24. The summed E-state index contributed by atoms with van der Waals surface area (Å²) >= 11 is 0. The maximum atomic E-state index is 10.6. The van der Waals surface area contributed by atoms with Gasteiger partial charge in [-0.1, -0.05) is 18.6 Å². The topological polar surface area (TPSA) is 101 Å². The molecule has 22 heavy (non-hydrogen) atoms. The van der Waals surface area contributed by atoms with Gasteiger partial charge in [-0.15, -0.1) is 0 Å². The monoisotopic (exact) mass is 302 g/mol. The number of carboxylic acid groups (broad SMARTS) is 1. The molecule has 0 radical (unpaired) electrons. The molecule has 118 valence electrons. The summed E-state index contributed by atoms with van der Waals surface area (Å²) in [5.41, 5.74) is 9.14. The first-order chi connectivity index (χ1) is 10.6. The first kappa shape index (κ1) is 16.3. The van der Waals surface area contributed by atoms with Gasteiger partial charge < -0.3 is 16.2 Å². The molecular formula is C16H22N4O2. The van der Waals surface area contributed by atoms with E-state index < -0.39 is 12.0 Å². The largest absolute Gasteiger partial charge is 0.480 e. The number of nitrogens with one attached hydrogen (secondary N) is 1. The Morgan fingerprint density at radius 1 is 1.27 bits per heavy atom. The molecule has 1 aromatic carbocycles. The number of carbonyl (C=O) groups is 1. The van der Waals surface area contributed by atoms with Crippen LogP contribution in [0.3, 0.4) is 0 Å². The quantitative estimate of drug-likeness (QED) is 0.640. The lowest BCUT2D eigenvalue weighted by Gasteiger charge is -2.09. The zero-order valence-corrected chi connectivity index (χ0v) is 12.7. The number of aliphatic carboxylic acids is 1. The summed E-state index contributed by atoms with van der Waals surface area (Å²) in [6, 6.07) is 7.07. The second kappa shape index (κ2) is 7.82. The molecule has 6 heteroatoms. The number of carboxylic acids is 1.